The summed E-state index contributed by atoms with van der Waals surface area (Å²) in [6.45, 7) is 0. The second-order valence-electron chi connectivity index (χ2n) is 2.97. The minimum absolute atomic E-state index is 0.0161. The van der Waals surface area contributed by atoms with Crippen molar-refractivity contribution in [3.8, 4) is 11.1 Å². The molecule has 0 aliphatic rings. The van der Waals surface area contributed by atoms with E-state index in [1.54, 1.807) is 6.07 Å². The lowest BCUT2D eigenvalue weighted by molar-refractivity contribution is 0.628. The normalized spacial score (nSPS) is 10.6. The summed E-state index contributed by atoms with van der Waals surface area (Å²) in [6, 6.07) is 5.60. The Morgan fingerprint density at radius 2 is 1.93 bits per heavy atom. The van der Waals surface area contributed by atoms with Gasteiger partial charge in [-0.15, -0.1) is 0 Å². The van der Waals surface area contributed by atoms with Crippen LogP contribution in [0.1, 0.15) is 0 Å². The number of rotatable bonds is 1. The van der Waals surface area contributed by atoms with E-state index in [0.29, 0.717) is 16.1 Å². The van der Waals surface area contributed by atoms with Crippen LogP contribution in [0, 0.1) is 10.9 Å². The van der Waals surface area contributed by atoms with Crippen molar-refractivity contribution in [1.82, 2.24) is 0 Å². The number of nitrogen functional groups attached to an aromatic ring is 1. The van der Waals surface area contributed by atoms with Gasteiger partial charge in [0, 0.05) is 5.56 Å². The standard InChI is InChI=1S/C10H6ClF2NS/c11-7-2-1-5(3-8(7)12)6-4-9(14)15-10(6)13/h1-4H,14H2. The minimum Gasteiger partial charge on any atom is -0.390 e. The molecule has 5 heteroatoms. The molecule has 0 unspecified atom stereocenters. The minimum atomic E-state index is -0.571. The van der Waals surface area contributed by atoms with Gasteiger partial charge in [0.2, 0.25) is 0 Å². The summed E-state index contributed by atoms with van der Waals surface area (Å²) < 4.78 is 26.4. The van der Waals surface area contributed by atoms with Crippen LogP contribution in [0.15, 0.2) is 24.3 Å². The predicted octanol–water partition coefficient (Wildman–Crippen LogP) is 3.93. The van der Waals surface area contributed by atoms with Crippen molar-refractivity contribution >= 4 is 27.9 Å². The third kappa shape index (κ3) is 1.96. The van der Waals surface area contributed by atoms with Gasteiger partial charge in [-0.3, -0.25) is 0 Å². The van der Waals surface area contributed by atoms with Crippen LogP contribution < -0.4 is 5.73 Å². The fraction of sp³-hybridized carbons (Fsp3) is 0. The molecule has 1 aromatic heterocycles. The Bertz CT molecular complexity index is 510. The number of anilines is 1. The third-order valence-corrected chi connectivity index (χ3v) is 3.00. The molecule has 1 heterocycles. The summed E-state index contributed by atoms with van der Waals surface area (Å²) in [4.78, 5) is 0. The van der Waals surface area contributed by atoms with Gasteiger partial charge in [-0.2, -0.15) is 4.39 Å². The van der Waals surface area contributed by atoms with E-state index in [-0.39, 0.29) is 5.02 Å². The van der Waals surface area contributed by atoms with Crippen molar-refractivity contribution in [3.63, 3.8) is 0 Å². The molecular formula is C10H6ClF2NS. The number of halogens is 3. The first-order valence-electron chi connectivity index (χ1n) is 4.08. The summed E-state index contributed by atoms with van der Waals surface area (Å²) >= 11 is 6.35. The molecule has 15 heavy (non-hydrogen) atoms. The topological polar surface area (TPSA) is 26.0 Å². The molecule has 0 amide bonds. The largest absolute Gasteiger partial charge is 0.390 e. The number of thiophene rings is 1. The molecule has 0 aliphatic carbocycles. The molecule has 78 valence electrons. The van der Waals surface area contributed by atoms with E-state index in [1.165, 1.54) is 18.2 Å². The van der Waals surface area contributed by atoms with Gasteiger partial charge in [0.25, 0.3) is 0 Å². The van der Waals surface area contributed by atoms with E-state index >= 15 is 0 Å². The zero-order chi connectivity index (χ0) is 11.0. The second-order valence-corrected chi connectivity index (χ2v) is 4.41. The van der Waals surface area contributed by atoms with Crippen LogP contribution in [0.3, 0.4) is 0 Å². The van der Waals surface area contributed by atoms with Crippen LogP contribution in [0.2, 0.25) is 5.02 Å². The van der Waals surface area contributed by atoms with Gasteiger partial charge >= 0.3 is 0 Å². The molecule has 0 saturated heterocycles. The van der Waals surface area contributed by atoms with Crippen molar-refractivity contribution in [1.29, 1.82) is 0 Å². The van der Waals surface area contributed by atoms with Crippen molar-refractivity contribution in [2.75, 3.05) is 5.73 Å². The number of nitrogens with two attached hydrogens (primary N) is 1. The molecule has 0 radical (unpaired) electrons. The van der Waals surface area contributed by atoms with Gasteiger partial charge in [-0.1, -0.05) is 29.0 Å². The molecule has 0 spiro atoms. The highest BCUT2D eigenvalue weighted by Crippen LogP contribution is 2.32. The SMILES string of the molecule is Nc1cc(-c2ccc(Cl)c(F)c2)c(F)s1. The lowest BCUT2D eigenvalue weighted by Crippen LogP contribution is -1.81. The van der Waals surface area contributed by atoms with Gasteiger partial charge < -0.3 is 5.73 Å². The van der Waals surface area contributed by atoms with Gasteiger partial charge in [0.05, 0.1) is 10.0 Å². The maximum Gasteiger partial charge on any atom is 0.186 e. The maximum atomic E-state index is 13.3. The van der Waals surface area contributed by atoms with Gasteiger partial charge in [-0.05, 0) is 23.8 Å². The van der Waals surface area contributed by atoms with Crippen LogP contribution in [0.25, 0.3) is 11.1 Å². The van der Waals surface area contributed by atoms with E-state index in [2.05, 4.69) is 0 Å². The third-order valence-electron chi connectivity index (χ3n) is 1.94. The second kappa shape index (κ2) is 3.79. The summed E-state index contributed by atoms with van der Waals surface area (Å²) in [7, 11) is 0. The Morgan fingerprint density at radius 3 is 2.47 bits per heavy atom. The fourth-order valence-electron chi connectivity index (χ4n) is 1.25. The first kappa shape index (κ1) is 10.4. The predicted molar refractivity (Wildman–Crippen MR) is 59.1 cm³/mol. The summed E-state index contributed by atoms with van der Waals surface area (Å²) in [6.07, 6.45) is 0. The van der Waals surface area contributed by atoms with Crippen molar-refractivity contribution in [2.45, 2.75) is 0 Å². The molecule has 0 fully saturated rings. The van der Waals surface area contributed by atoms with Gasteiger partial charge in [-0.25, -0.2) is 4.39 Å². The van der Waals surface area contributed by atoms with Crippen LogP contribution in [0.5, 0.6) is 0 Å². The van der Waals surface area contributed by atoms with Crippen molar-refractivity contribution in [3.05, 3.63) is 40.2 Å². The first-order valence-corrected chi connectivity index (χ1v) is 5.27. The zero-order valence-corrected chi connectivity index (χ0v) is 9.00. The molecule has 1 nitrogen and oxygen atoms in total. The van der Waals surface area contributed by atoms with Crippen LogP contribution >= 0.6 is 22.9 Å². The Kier molecular flexibility index (Phi) is 2.63. The number of hydrogen-bond donors (Lipinski definition) is 1. The van der Waals surface area contributed by atoms with Gasteiger partial charge in [0.1, 0.15) is 5.82 Å². The maximum absolute atomic E-state index is 13.3. The molecule has 0 aliphatic heterocycles. The Morgan fingerprint density at radius 1 is 1.20 bits per heavy atom. The van der Waals surface area contributed by atoms with Crippen LogP contribution in [-0.2, 0) is 0 Å². The fourth-order valence-corrected chi connectivity index (χ4v) is 2.04. The Hall–Kier alpha value is -1.13. The zero-order valence-electron chi connectivity index (χ0n) is 7.43. The summed E-state index contributed by atoms with van der Waals surface area (Å²) in [5.41, 5.74) is 6.18. The average Bonchev–Trinajstić information content (AvgIpc) is 2.50. The summed E-state index contributed by atoms with van der Waals surface area (Å²) in [5.74, 6) is -0.571. The molecule has 0 atom stereocenters. The molecule has 0 saturated carbocycles. The highest BCUT2D eigenvalue weighted by Gasteiger charge is 2.10. The van der Waals surface area contributed by atoms with E-state index in [4.69, 9.17) is 17.3 Å². The van der Waals surface area contributed by atoms with Crippen molar-refractivity contribution in [2.24, 2.45) is 0 Å². The highest BCUT2D eigenvalue weighted by molar-refractivity contribution is 7.14. The molecular weight excluding hydrogens is 240 g/mol. The monoisotopic (exact) mass is 245 g/mol. The number of benzene rings is 1. The lowest BCUT2D eigenvalue weighted by Gasteiger charge is -1.99. The summed E-state index contributed by atoms with van der Waals surface area (Å²) in [5, 5.41) is -0.0468. The molecule has 2 N–H and O–H groups in total. The molecule has 2 rings (SSSR count). The van der Waals surface area contributed by atoms with E-state index in [1.807, 2.05) is 0 Å². The molecule has 1 aromatic carbocycles. The molecule has 2 aromatic rings. The number of hydrogen-bond acceptors (Lipinski definition) is 2. The smallest absolute Gasteiger partial charge is 0.186 e. The van der Waals surface area contributed by atoms with Crippen LogP contribution in [-0.4, -0.2) is 0 Å². The Balaban J connectivity index is 2.54. The molecule has 0 bridgehead atoms. The van der Waals surface area contributed by atoms with E-state index in [0.717, 1.165) is 11.3 Å². The quantitative estimate of drug-likeness (QED) is 0.809. The first-order chi connectivity index (χ1) is 7.08. The average molecular weight is 246 g/mol. The van der Waals surface area contributed by atoms with Gasteiger partial charge in [0.15, 0.2) is 5.13 Å². The van der Waals surface area contributed by atoms with Crippen LogP contribution in [0.4, 0.5) is 13.8 Å². The van der Waals surface area contributed by atoms with Crippen molar-refractivity contribution < 1.29 is 8.78 Å². The Labute approximate surface area is 94.1 Å². The van der Waals surface area contributed by atoms with E-state index < -0.39 is 10.9 Å². The van der Waals surface area contributed by atoms with E-state index in [9.17, 15) is 8.78 Å². The highest BCUT2D eigenvalue weighted by atomic mass is 35.5. The lowest BCUT2D eigenvalue weighted by atomic mass is 10.1.